The monoisotopic (exact) mass is 301 g/mol. The van der Waals surface area contributed by atoms with Gasteiger partial charge in [0.15, 0.2) is 0 Å². The van der Waals surface area contributed by atoms with E-state index in [0.29, 0.717) is 16.6 Å². The van der Waals surface area contributed by atoms with Crippen molar-refractivity contribution < 1.29 is 9.52 Å². The molecular formula is C15H12ClN3O2. The summed E-state index contributed by atoms with van der Waals surface area (Å²) < 4.78 is 5.52. The fourth-order valence-corrected chi connectivity index (χ4v) is 1.98. The zero-order valence-corrected chi connectivity index (χ0v) is 11.9. The quantitative estimate of drug-likeness (QED) is 0.711. The van der Waals surface area contributed by atoms with Gasteiger partial charge in [-0.15, -0.1) is 5.10 Å². The Hall–Kier alpha value is -2.53. The Morgan fingerprint density at radius 3 is 2.62 bits per heavy atom. The van der Waals surface area contributed by atoms with E-state index >= 15 is 0 Å². The lowest BCUT2D eigenvalue weighted by Crippen LogP contribution is -1.90. The second-order valence-corrected chi connectivity index (χ2v) is 5.00. The minimum absolute atomic E-state index is 0.0504. The Morgan fingerprint density at radius 2 is 1.86 bits per heavy atom. The van der Waals surface area contributed by atoms with Crippen LogP contribution in [0.25, 0.3) is 11.5 Å². The third-order valence-electron chi connectivity index (χ3n) is 2.92. The SMILES string of the molecule is Cc1ccc(-c2nnc(Nc3cc(Cl)ccc3O)o2)cc1. The summed E-state index contributed by atoms with van der Waals surface area (Å²) in [4.78, 5) is 0. The largest absolute Gasteiger partial charge is 0.506 e. The molecule has 3 aromatic rings. The molecule has 106 valence electrons. The zero-order chi connectivity index (χ0) is 14.8. The van der Waals surface area contributed by atoms with Gasteiger partial charge in [-0.1, -0.05) is 34.4 Å². The maximum Gasteiger partial charge on any atom is 0.320 e. The molecule has 0 bridgehead atoms. The molecule has 1 aromatic heterocycles. The number of phenols is 1. The highest BCUT2D eigenvalue weighted by Crippen LogP contribution is 2.30. The standard InChI is InChI=1S/C15H12ClN3O2/c1-9-2-4-10(5-3-9)14-18-19-15(21-14)17-12-8-11(16)6-7-13(12)20/h2-8,20H,1H3,(H,17,19). The summed E-state index contributed by atoms with van der Waals surface area (Å²) in [6.45, 7) is 2.01. The van der Waals surface area contributed by atoms with Crippen molar-refractivity contribution in [1.82, 2.24) is 10.2 Å². The number of hydrogen-bond donors (Lipinski definition) is 2. The summed E-state index contributed by atoms with van der Waals surface area (Å²) in [6, 6.07) is 12.6. The van der Waals surface area contributed by atoms with Crippen LogP contribution in [0, 0.1) is 6.92 Å². The molecule has 0 atom stereocenters. The van der Waals surface area contributed by atoms with E-state index in [2.05, 4.69) is 15.5 Å². The molecule has 0 radical (unpaired) electrons. The number of hydrogen-bond acceptors (Lipinski definition) is 5. The summed E-state index contributed by atoms with van der Waals surface area (Å²) in [7, 11) is 0. The highest BCUT2D eigenvalue weighted by molar-refractivity contribution is 6.30. The molecule has 0 saturated heterocycles. The van der Waals surface area contributed by atoms with Crippen molar-refractivity contribution >= 4 is 23.3 Å². The Kier molecular flexibility index (Phi) is 3.50. The molecule has 0 spiro atoms. The smallest absolute Gasteiger partial charge is 0.320 e. The number of halogens is 1. The van der Waals surface area contributed by atoms with Crippen molar-refractivity contribution in [3.8, 4) is 17.2 Å². The van der Waals surface area contributed by atoms with Crippen molar-refractivity contribution in [2.75, 3.05) is 5.32 Å². The predicted octanol–water partition coefficient (Wildman–Crippen LogP) is 4.15. The van der Waals surface area contributed by atoms with Gasteiger partial charge in [0.1, 0.15) is 5.75 Å². The number of rotatable bonds is 3. The van der Waals surface area contributed by atoms with Crippen molar-refractivity contribution in [2.24, 2.45) is 0 Å². The summed E-state index contributed by atoms with van der Waals surface area (Å²) >= 11 is 5.88. The summed E-state index contributed by atoms with van der Waals surface area (Å²) in [5.41, 5.74) is 2.39. The van der Waals surface area contributed by atoms with Crippen molar-refractivity contribution in [3.63, 3.8) is 0 Å². The van der Waals surface area contributed by atoms with E-state index in [1.54, 1.807) is 12.1 Å². The molecule has 0 unspecified atom stereocenters. The maximum absolute atomic E-state index is 9.74. The van der Waals surface area contributed by atoms with Crippen LogP contribution in [0.4, 0.5) is 11.7 Å². The predicted molar refractivity (Wildman–Crippen MR) is 80.9 cm³/mol. The van der Waals surface area contributed by atoms with Gasteiger partial charge >= 0.3 is 6.01 Å². The topological polar surface area (TPSA) is 71.2 Å². The Bertz CT molecular complexity index is 769. The van der Waals surface area contributed by atoms with Crippen LogP contribution in [0.2, 0.25) is 5.02 Å². The molecule has 2 N–H and O–H groups in total. The number of aryl methyl sites for hydroxylation is 1. The number of benzene rings is 2. The fourth-order valence-electron chi connectivity index (χ4n) is 1.81. The molecule has 0 amide bonds. The molecule has 6 heteroatoms. The molecule has 0 aliphatic carbocycles. The molecule has 5 nitrogen and oxygen atoms in total. The van der Waals surface area contributed by atoms with Crippen LogP contribution >= 0.6 is 11.6 Å². The van der Waals surface area contributed by atoms with E-state index in [-0.39, 0.29) is 11.8 Å². The van der Waals surface area contributed by atoms with E-state index in [0.717, 1.165) is 11.1 Å². The molecule has 2 aromatic carbocycles. The highest BCUT2D eigenvalue weighted by Gasteiger charge is 2.10. The molecule has 0 aliphatic heterocycles. The van der Waals surface area contributed by atoms with Gasteiger partial charge in [0.25, 0.3) is 0 Å². The van der Waals surface area contributed by atoms with Crippen LogP contribution in [-0.2, 0) is 0 Å². The Balaban J connectivity index is 1.85. The summed E-state index contributed by atoms with van der Waals surface area (Å²) in [5, 5.41) is 20.9. The van der Waals surface area contributed by atoms with Gasteiger partial charge in [-0.25, -0.2) is 0 Å². The fraction of sp³-hybridized carbons (Fsp3) is 0.0667. The first kappa shape index (κ1) is 13.5. The molecule has 0 aliphatic rings. The van der Waals surface area contributed by atoms with E-state index in [1.807, 2.05) is 31.2 Å². The molecule has 3 rings (SSSR count). The zero-order valence-electron chi connectivity index (χ0n) is 11.2. The average Bonchev–Trinajstić information content (AvgIpc) is 2.92. The Labute approximate surface area is 126 Å². The number of anilines is 2. The second-order valence-electron chi connectivity index (χ2n) is 4.56. The third-order valence-corrected chi connectivity index (χ3v) is 3.16. The van der Waals surface area contributed by atoms with Crippen LogP contribution in [0.15, 0.2) is 46.9 Å². The van der Waals surface area contributed by atoms with E-state index in [4.69, 9.17) is 16.0 Å². The van der Waals surface area contributed by atoms with Crippen molar-refractivity contribution in [2.45, 2.75) is 6.92 Å². The van der Waals surface area contributed by atoms with Gasteiger partial charge in [0.2, 0.25) is 5.89 Å². The summed E-state index contributed by atoms with van der Waals surface area (Å²) in [5.74, 6) is 0.452. The first-order valence-corrected chi connectivity index (χ1v) is 6.66. The minimum atomic E-state index is 0.0504. The lowest BCUT2D eigenvalue weighted by molar-refractivity contribution is 0.477. The van der Waals surface area contributed by atoms with Crippen molar-refractivity contribution in [3.05, 3.63) is 53.1 Å². The van der Waals surface area contributed by atoms with Gasteiger partial charge in [0, 0.05) is 10.6 Å². The molecule has 21 heavy (non-hydrogen) atoms. The lowest BCUT2D eigenvalue weighted by Gasteiger charge is -2.04. The van der Waals surface area contributed by atoms with Crippen LogP contribution in [0.5, 0.6) is 5.75 Å². The lowest BCUT2D eigenvalue weighted by atomic mass is 10.1. The van der Waals surface area contributed by atoms with Gasteiger partial charge in [-0.2, -0.15) is 0 Å². The average molecular weight is 302 g/mol. The van der Waals surface area contributed by atoms with Gasteiger partial charge in [0.05, 0.1) is 5.69 Å². The number of nitrogens with one attached hydrogen (secondary N) is 1. The number of nitrogens with zero attached hydrogens (tertiary/aromatic N) is 2. The number of phenolic OH excluding ortho intramolecular Hbond substituents is 1. The second kappa shape index (κ2) is 5.46. The molecule has 1 heterocycles. The molecule has 0 fully saturated rings. The van der Waals surface area contributed by atoms with E-state index < -0.39 is 0 Å². The van der Waals surface area contributed by atoms with Gasteiger partial charge in [-0.05, 0) is 37.3 Å². The maximum atomic E-state index is 9.74. The normalized spacial score (nSPS) is 10.6. The first-order chi connectivity index (χ1) is 10.1. The third kappa shape index (κ3) is 2.98. The van der Waals surface area contributed by atoms with Crippen LogP contribution < -0.4 is 5.32 Å². The Morgan fingerprint density at radius 1 is 1.10 bits per heavy atom. The number of aromatic nitrogens is 2. The first-order valence-electron chi connectivity index (χ1n) is 6.28. The molecule has 0 saturated carbocycles. The number of aromatic hydroxyl groups is 1. The minimum Gasteiger partial charge on any atom is -0.506 e. The van der Waals surface area contributed by atoms with Crippen molar-refractivity contribution in [1.29, 1.82) is 0 Å². The van der Waals surface area contributed by atoms with Crippen LogP contribution in [0.3, 0.4) is 0 Å². The van der Waals surface area contributed by atoms with Crippen LogP contribution in [-0.4, -0.2) is 15.3 Å². The molecular weight excluding hydrogens is 290 g/mol. The van der Waals surface area contributed by atoms with Gasteiger partial charge in [-0.3, -0.25) is 0 Å². The van der Waals surface area contributed by atoms with Gasteiger partial charge < -0.3 is 14.8 Å². The van der Waals surface area contributed by atoms with E-state index in [1.165, 1.54) is 6.07 Å². The summed E-state index contributed by atoms with van der Waals surface area (Å²) in [6.07, 6.45) is 0. The van der Waals surface area contributed by atoms with Crippen LogP contribution in [0.1, 0.15) is 5.56 Å². The van der Waals surface area contributed by atoms with E-state index in [9.17, 15) is 5.11 Å². The highest BCUT2D eigenvalue weighted by atomic mass is 35.5.